The fraction of sp³-hybridized carbons (Fsp3) is 0.346. The molecule has 3 rings (SSSR count). The van der Waals surface area contributed by atoms with Crippen molar-refractivity contribution in [2.75, 3.05) is 21.3 Å². The molecule has 3 aromatic rings. The van der Waals surface area contributed by atoms with Crippen molar-refractivity contribution >= 4 is 21.9 Å². The van der Waals surface area contributed by atoms with Crippen molar-refractivity contribution in [3.05, 3.63) is 46.6 Å². The minimum absolute atomic E-state index is 0.000419. The number of rotatable bonds is 9. The van der Waals surface area contributed by atoms with Gasteiger partial charge in [0.15, 0.2) is 23.0 Å². The summed E-state index contributed by atoms with van der Waals surface area (Å²) in [5, 5.41) is 0. The average Bonchev–Trinajstić information content (AvgIpc) is 3.15. The van der Waals surface area contributed by atoms with Gasteiger partial charge in [-0.25, -0.2) is 4.79 Å². The SMILES string of the molecule is COC(=O)c1[nH]c(-c2ccc(OC(C)C)c(OC)c2)c(-c2ccc(OC)c(OC(C)C)c2)c1Br. The Kier molecular flexibility index (Phi) is 8.15. The first-order valence-corrected chi connectivity index (χ1v) is 11.7. The highest BCUT2D eigenvalue weighted by molar-refractivity contribution is 9.10. The van der Waals surface area contributed by atoms with E-state index in [0.29, 0.717) is 38.9 Å². The van der Waals surface area contributed by atoms with Crippen LogP contribution in [0.1, 0.15) is 38.2 Å². The van der Waals surface area contributed by atoms with Crippen LogP contribution in [-0.4, -0.2) is 44.5 Å². The molecule has 1 N–H and O–H groups in total. The van der Waals surface area contributed by atoms with Crippen molar-refractivity contribution in [3.63, 3.8) is 0 Å². The van der Waals surface area contributed by atoms with Crippen molar-refractivity contribution in [2.24, 2.45) is 0 Å². The molecule has 0 radical (unpaired) electrons. The van der Waals surface area contributed by atoms with E-state index in [9.17, 15) is 4.79 Å². The third-order valence-corrected chi connectivity index (χ3v) is 5.75. The van der Waals surface area contributed by atoms with Crippen LogP contribution in [0.25, 0.3) is 22.4 Å². The predicted octanol–water partition coefficient (Wildman–Crippen LogP) is 6.49. The Balaban J connectivity index is 2.23. The highest BCUT2D eigenvalue weighted by atomic mass is 79.9. The fourth-order valence-electron chi connectivity index (χ4n) is 3.56. The summed E-state index contributed by atoms with van der Waals surface area (Å²) in [6, 6.07) is 11.3. The van der Waals surface area contributed by atoms with E-state index >= 15 is 0 Å². The highest BCUT2D eigenvalue weighted by Gasteiger charge is 2.25. The molecule has 0 aliphatic carbocycles. The van der Waals surface area contributed by atoms with Crippen LogP contribution in [0.15, 0.2) is 40.9 Å². The molecule has 0 amide bonds. The van der Waals surface area contributed by atoms with Gasteiger partial charge in [0, 0.05) is 11.1 Å². The van der Waals surface area contributed by atoms with Gasteiger partial charge in [0.2, 0.25) is 0 Å². The number of nitrogens with one attached hydrogen (secondary N) is 1. The number of benzene rings is 2. The zero-order valence-electron chi connectivity index (χ0n) is 20.4. The van der Waals surface area contributed by atoms with Gasteiger partial charge in [0.1, 0.15) is 5.69 Å². The number of methoxy groups -OCH3 is 3. The van der Waals surface area contributed by atoms with E-state index in [0.717, 1.165) is 16.7 Å². The molecule has 0 atom stereocenters. The number of hydrogen-bond donors (Lipinski definition) is 1. The lowest BCUT2D eigenvalue weighted by Crippen LogP contribution is -2.07. The van der Waals surface area contributed by atoms with Gasteiger partial charge in [-0.2, -0.15) is 0 Å². The Morgan fingerprint density at radius 3 is 1.94 bits per heavy atom. The zero-order chi connectivity index (χ0) is 25.0. The van der Waals surface area contributed by atoms with E-state index in [4.69, 9.17) is 23.7 Å². The molecule has 8 heteroatoms. The number of aromatic nitrogens is 1. The molecule has 0 spiro atoms. The van der Waals surface area contributed by atoms with Crippen LogP contribution in [0.2, 0.25) is 0 Å². The Morgan fingerprint density at radius 2 is 1.35 bits per heavy atom. The Morgan fingerprint density at radius 1 is 0.794 bits per heavy atom. The first kappa shape index (κ1) is 25.5. The minimum atomic E-state index is -0.488. The number of carbonyl (C=O) groups excluding carboxylic acids is 1. The van der Waals surface area contributed by atoms with Crippen LogP contribution in [-0.2, 0) is 4.74 Å². The van der Waals surface area contributed by atoms with Crippen LogP contribution in [0.4, 0.5) is 0 Å². The van der Waals surface area contributed by atoms with Crippen LogP contribution in [0.3, 0.4) is 0 Å². The summed E-state index contributed by atoms with van der Waals surface area (Å²) in [5.41, 5.74) is 3.42. The summed E-state index contributed by atoms with van der Waals surface area (Å²) in [6.45, 7) is 7.81. The molecule has 0 unspecified atom stereocenters. The Labute approximate surface area is 208 Å². The third-order valence-electron chi connectivity index (χ3n) is 4.96. The molecule has 2 aromatic carbocycles. The average molecular weight is 532 g/mol. The van der Waals surface area contributed by atoms with Crippen LogP contribution in [0, 0.1) is 0 Å². The van der Waals surface area contributed by atoms with Gasteiger partial charge in [0.05, 0.1) is 43.7 Å². The molecule has 34 heavy (non-hydrogen) atoms. The lowest BCUT2D eigenvalue weighted by atomic mass is 10.0. The number of halogens is 1. The summed E-state index contributed by atoms with van der Waals surface area (Å²) < 4.78 is 28.4. The van der Waals surface area contributed by atoms with Crippen LogP contribution >= 0.6 is 15.9 Å². The molecule has 0 bridgehead atoms. The minimum Gasteiger partial charge on any atom is -0.493 e. The molecular weight excluding hydrogens is 502 g/mol. The Bertz CT molecular complexity index is 1170. The van der Waals surface area contributed by atoms with Gasteiger partial charge >= 0.3 is 5.97 Å². The fourth-order valence-corrected chi connectivity index (χ4v) is 4.25. The number of H-pyrrole nitrogens is 1. The van der Waals surface area contributed by atoms with E-state index in [2.05, 4.69) is 20.9 Å². The maximum absolute atomic E-state index is 12.5. The normalized spacial score (nSPS) is 11.0. The molecule has 0 aliphatic rings. The zero-order valence-corrected chi connectivity index (χ0v) is 22.0. The van der Waals surface area contributed by atoms with E-state index < -0.39 is 5.97 Å². The summed E-state index contributed by atoms with van der Waals surface area (Å²) >= 11 is 3.61. The van der Waals surface area contributed by atoms with Crippen molar-refractivity contribution in [2.45, 2.75) is 39.9 Å². The van der Waals surface area contributed by atoms with Crippen molar-refractivity contribution in [1.82, 2.24) is 4.98 Å². The number of esters is 1. The van der Waals surface area contributed by atoms with Gasteiger partial charge in [0.25, 0.3) is 0 Å². The second-order valence-electron chi connectivity index (χ2n) is 8.12. The molecule has 1 aromatic heterocycles. The van der Waals surface area contributed by atoms with E-state index in [1.807, 2.05) is 64.1 Å². The van der Waals surface area contributed by atoms with E-state index in [-0.39, 0.29) is 12.2 Å². The second kappa shape index (κ2) is 10.9. The van der Waals surface area contributed by atoms with Crippen LogP contribution < -0.4 is 18.9 Å². The number of carbonyl (C=O) groups is 1. The number of ether oxygens (including phenoxy) is 5. The molecule has 7 nitrogen and oxygen atoms in total. The molecule has 182 valence electrons. The molecule has 0 aliphatic heterocycles. The van der Waals surface area contributed by atoms with Gasteiger partial charge in [-0.1, -0.05) is 6.07 Å². The molecule has 0 saturated carbocycles. The number of hydrogen-bond acceptors (Lipinski definition) is 6. The standard InChI is InChI=1S/C26H30BrNO6/c1-14(2)33-19-11-9-17(13-20(19)31-6)24-22(23(27)25(28-24)26(29)32-7)16-8-10-18(30-5)21(12-16)34-15(3)4/h8-15,28H,1-7H3. The quantitative estimate of drug-likeness (QED) is 0.318. The number of aromatic amines is 1. The monoisotopic (exact) mass is 531 g/mol. The van der Waals surface area contributed by atoms with Gasteiger partial charge in [-0.05, 0) is 79.5 Å². The summed E-state index contributed by atoms with van der Waals surface area (Å²) in [6.07, 6.45) is -0.0405. The topological polar surface area (TPSA) is 79.0 Å². The van der Waals surface area contributed by atoms with Gasteiger partial charge < -0.3 is 28.7 Å². The Hall–Kier alpha value is -3.13. The molecule has 1 heterocycles. The van der Waals surface area contributed by atoms with E-state index in [1.165, 1.54) is 7.11 Å². The molecule has 0 saturated heterocycles. The van der Waals surface area contributed by atoms with E-state index in [1.54, 1.807) is 14.2 Å². The van der Waals surface area contributed by atoms with Crippen molar-refractivity contribution in [3.8, 4) is 45.4 Å². The smallest absolute Gasteiger partial charge is 0.355 e. The van der Waals surface area contributed by atoms with Crippen molar-refractivity contribution in [1.29, 1.82) is 0 Å². The first-order valence-electron chi connectivity index (χ1n) is 10.9. The first-order chi connectivity index (χ1) is 16.2. The molecule has 0 fully saturated rings. The predicted molar refractivity (Wildman–Crippen MR) is 135 cm³/mol. The molecular formula is C26H30BrNO6. The maximum atomic E-state index is 12.5. The van der Waals surface area contributed by atoms with Crippen LogP contribution in [0.5, 0.6) is 23.0 Å². The largest absolute Gasteiger partial charge is 0.493 e. The van der Waals surface area contributed by atoms with Gasteiger partial charge in [-0.3, -0.25) is 0 Å². The third kappa shape index (κ3) is 5.33. The highest BCUT2D eigenvalue weighted by Crippen LogP contribution is 2.44. The van der Waals surface area contributed by atoms with Gasteiger partial charge in [-0.15, -0.1) is 0 Å². The lowest BCUT2D eigenvalue weighted by Gasteiger charge is -2.16. The summed E-state index contributed by atoms with van der Waals surface area (Å²) in [5.74, 6) is 1.96. The maximum Gasteiger partial charge on any atom is 0.355 e. The summed E-state index contributed by atoms with van der Waals surface area (Å²) in [7, 11) is 4.54. The second-order valence-corrected chi connectivity index (χ2v) is 8.91. The summed E-state index contributed by atoms with van der Waals surface area (Å²) in [4.78, 5) is 15.7. The lowest BCUT2D eigenvalue weighted by molar-refractivity contribution is 0.0594. The van der Waals surface area contributed by atoms with Crippen molar-refractivity contribution < 1.29 is 28.5 Å².